The van der Waals surface area contributed by atoms with Crippen LogP contribution in [0.1, 0.15) is 67.8 Å². The van der Waals surface area contributed by atoms with E-state index in [0.717, 1.165) is 0 Å². The highest BCUT2D eigenvalue weighted by Crippen LogP contribution is 2.28. The molecule has 0 radical (unpaired) electrons. The second kappa shape index (κ2) is 16.1. The number of likely N-dealkylation sites (tertiary alicyclic amines) is 1. The fourth-order valence-corrected chi connectivity index (χ4v) is 5.86. The van der Waals surface area contributed by atoms with E-state index in [0.29, 0.717) is 24.3 Å². The third-order valence-corrected chi connectivity index (χ3v) is 8.68. The van der Waals surface area contributed by atoms with Crippen LogP contribution in [0.4, 0.5) is 13.2 Å². The minimum absolute atomic E-state index is 0.00458. The molecule has 2 saturated heterocycles. The Kier molecular flexibility index (Phi) is 12.2. The molecule has 4 atom stereocenters. The molecule has 4 rings (SSSR count). The molecule has 2 aromatic rings. The van der Waals surface area contributed by atoms with Crippen molar-refractivity contribution in [2.24, 2.45) is 17.8 Å². The molecule has 0 bridgehead atoms. The predicted molar refractivity (Wildman–Crippen MR) is 168 cm³/mol. The minimum Gasteiger partial charge on any atom is -0.361 e. The minimum atomic E-state index is -2.82. The van der Waals surface area contributed by atoms with Gasteiger partial charge in [0.2, 0.25) is 17.7 Å². The number of carbonyl (C=O) groups is 5. The first-order chi connectivity index (χ1) is 22.7. The normalized spacial score (nSPS) is 19.5. The van der Waals surface area contributed by atoms with Gasteiger partial charge < -0.3 is 25.4 Å². The summed E-state index contributed by atoms with van der Waals surface area (Å²) < 4.78 is 45.9. The van der Waals surface area contributed by atoms with E-state index in [1.54, 1.807) is 20.8 Å². The zero-order valence-electron chi connectivity index (χ0n) is 27.3. The van der Waals surface area contributed by atoms with Gasteiger partial charge in [-0.15, -0.1) is 0 Å². The Balaban J connectivity index is 1.53. The molecule has 0 aliphatic carbocycles. The van der Waals surface area contributed by atoms with Crippen LogP contribution in [-0.2, 0) is 25.6 Å². The number of piperidine rings is 1. The van der Waals surface area contributed by atoms with Crippen LogP contribution in [-0.4, -0.2) is 77.1 Å². The predicted octanol–water partition coefficient (Wildman–Crippen LogP) is 3.52. The summed E-state index contributed by atoms with van der Waals surface area (Å²) in [7, 11) is 0. The van der Waals surface area contributed by atoms with Crippen molar-refractivity contribution >= 4 is 29.4 Å². The molecule has 260 valence electrons. The molecule has 48 heavy (non-hydrogen) atoms. The van der Waals surface area contributed by atoms with Crippen LogP contribution in [0, 0.1) is 30.5 Å². The number of nitrogens with one attached hydrogen (secondary N) is 3. The molecule has 3 N–H and O–H groups in total. The van der Waals surface area contributed by atoms with Crippen LogP contribution >= 0.6 is 0 Å². The Bertz CT molecular complexity index is 1500. The van der Waals surface area contributed by atoms with Gasteiger partial charge in [0.15, 0.2) is 11.5 Å². The fourth-order valence-electron chi connectivity index (χ4n) is 5.86. The van der Waals surface area contributed by atoms with Gasteiger partial charge >= 0.3 is 0 Å². The molecule has 3 heterocycles. The van der Waals surface area contributed by atoms with Gasteiger partial charge in [0, 0.05) is 68.9 Å². The van der Waals surface area contributed by atoms with Gasteiger partial charge in [-0.1, -0.05) is 37.2 Å². The molecule has 1 aromatic carbocycles. The zero-order valence-corrected chi connectivity index (χ0v) is 27.3. The SMILES string of the molecule is Cc1cc(C(=O)N[C@H](C(=O)C[C@@H](Cc2ccc(F)cc2)C(=O)N[C@H](/C=C/C(=O)N2CCC(F)(F)CC2)C[C@@H]2CCNC2=O)C(C)C)no1. The lowest BCUT2D eigenvalue weighted by Crippen LogP contribution is -2.47. The highest BCUT2D eigenvalue weighted by molar-refractivity contribution is 5.97. The molecule has 1 aromatic heterocycles. The molecule has 14 heteroatoms. The number of carbonyl (C=O) groups excluding carboxylic acids is 5. The maximum atomic E-state index is 13.9. The molecule has 0 spiro atoms. The van der Waals surface area contributed by atoms with Crippen LogP contribution in [0.3, 0.4) is 0 Å². The lowest BCUT2D eigenvalue weighted by molar-refractivity contribution is -0.132. The van der Waals surface area contributed by atoms with Crippen molar-refractivity contribution in [2.75, 3.05) is 19.6 Å². The van der Waals surface area contributed by atoms with E-state index >= 15 is 0 Å². The quantitative estimate of drug-likeness (QED) is 0.260. The maximum Gasteiger partial charge on any atom is 0.274 e. The Hall–Kier alpha value is -4.49. The average molecular weight is 674 g/mol. The largest absolute Gasteiger partial charge is 0.361 e. The molecular weight excluding hydrogens is 631 g/mol. The number of amides is 4. The van der Waals surface area contributed by atoms with Crippen LogP contribution in [0.5, 0.6) is 0 Å². The Morgan fingerprint density at radius 2 is 1.81 bits per heavy atom. The average Bonchev–Trinajstić information content (AvgIpc) is 3.66. The number of aryl methyl sites for hydroxylation is 1. The summed E-state index contributed by atoms with van der Waals surface area (Å²) in [6, 6.07) is 5.18. The third-order valence-electron chi connectivity index (χ3n) is 8.68. The van der Waals surface area contributed by atoms with Gasteiger partial charge in [-0.25, -0.2) is 13.2 Å². The molecule has 2 aliphatic heterocycles. The second-order valence-electron chi connectivity index (χ2n) is 12.9. The number of aromatic nitrogens is 1. The van der Waals surface area contributed by atoms with Crippen LogP contribution < -0.4 is 16.0 Å². The highest BCUT2D eigenvalue weighted by Gasteiger charge is 2.36. The van der Waals surface area contributed by atoms with E-state index in [4.69, 9.17) is 4.52 Å². The summed E-state index contributed by atoms with van der Waals surface area (Å²) in [5.74, 6) is -6.89. The number of halogens is 3. The first kappa shape index (κ1) is 36.3. The summed E-state index contributed by atoms with van der Waals surface area (Å²) in [5, 5.41) is 12.0. The van der Waals surface area contributed by atoms with E-state index in [1.165, 1.54) is 47.4 Å². The van der Waals surface area contributed by atoms with Crippen LogP contribution in [0.25, 0.3) is 0 Å². The lowest BCUT2D eigenvalue weighted by Gasteiger charge is -2.31. The van der Waals surface area contributed by atoms with Gasteiger partial charge in [0.05, 0.1) is 6.04 Å². The van der Waals surface area contributed by atoms with Crippen molar-refractivity contribution in [3.05, 3.63) is 65.3 Å². The number of hydrogen-bond donors (Lipinski definition) is 3. The van der Waals surface area contributed by atoms with Gasteiger partial charge in [0.1, 0.15) is 11.6 Å². The number of Topliss-reactive ketones (excluding diaryl/α,β-unsaturated/α-hetero) is 1. The summed E-state index contributed by atoms with van der Waals surface area (Å²) in [6.07, 6.45) is 2.24. The summed E-state index contributed by atoms with van der Waals surface area (Å²) in [5.41, 5.74) is 0.594. The Morgan fingerprint density at radius 1 is 1.12 bits per heavy atom. The van der Waals surface area contributed by atoms with E-state index in [9.17, 15) is 37.1 Å². The van der Waals surface area contributed by atoms with E-state index in [2.05, 4.69) is 21.1 Å². The zero-order chi connectivity index (χ0) is 35.0. The van der Waals surface area contributed by atoms with Crippen LogP contribution in [0.15, 0.2) is 47.0 Å². The number of rotatable bonds is 14. The van der Waals surface area contributed by atoms with Crippen molar-refractivity contribution in [2.45, 2.75) is 77.3 Å². The first-order valence-corrected chi connectivity index (χ1v) is 16.1. The summed E-state index contributed by atoms with van der Waals surface area (Å²) in [6.45, 7) is 5.38. The molecule has 0 saturated carbocycles. The summed E-state index contributed by atoms with van der Waals surface area (Å²) in [4.78, 5) is 67.0. The van der Waals surface area contributed by atoms with Crippen molar-refractivity contribution in [1.29, 1.82) is 0 Å². The molecule has 0 unspecified atom stereocenters. The van der Waals surface area contributed by atoms with Gasteiger partial charge in [-0.05, 0) is 49.8 Å². The Labute approximate surface area is 277 Å². The molecule has 4 amide bonds. The number of benzene rings is 1. The first-order valence-electron chi connectivity index (χ1n) is 16.1. The molecule has 11 nitrogen and oxygen atoms in total. The van der Waals surface area contributed by atoms with E-state index in [-0.39, 0.29) is 49.9 Å². The Morgan fingerprint density at radius 3 is 2.40 bits per heavy atom. The maximum absolute atomic E-state index is 13.9. The number of alkyl halides is 2. The second-order valence-corrected chi connectivity index (χ2v) is 12.9. The lowest BCUT2D eigenvalue weighted by atomic mass is 9.87. The van der Waals surface area contributed by atoms with Crippen molar-refractivity contribution in [3.63, 3.8) is 0 Å². The smallest absolute Gasteiger partial charge is 0.274 e. The number of hydrogen-bond acceptors (Lipinski definition) is 7. The fraction of sp³-hybridized carbons (Fsp3) is 0.529. The topological polar surface area (TPSA) is 151 Å². The summed E-state index contributed by atoms with van der Waals surface area (Å²) >= 11 is 0. The number of nitrogens with zero attached hydrogens (tertiary/aromatic N) is 2. The number of ketones is 1. The third kappa shape index (κ3) is 10.3. The van der Waals surface area contributed by atoms with E-state index < -0.39 is 72.0 Å². The van der Waals surface area contributed by atoms with Crippen LogP contribution in [0.2, 0.25) is 0 Å². The van der Waals surface area contributed by atoms with Crippen molar-refractivity contribution in [3.8, 4) is 0 Å². The standard InChI is InChI=1S/C34H42F3N5O6/c1-20(2)30(40-33(47)27-16-21(3)48-41-27)28(43)19-24(17-22-4-6-25(35)7-5-22)32(46)39-26(18-23-10-13-38-31(23)45)8-9-29(44)42-14-11-34(36,37)12-15-42/h4-9,16,20,23-24,26,30H,10-15,17-19H2,1-3H3,(H,38,45)(H,39,46)(H,40,47)/b9-8+/t23-,24+,26+,30-/m0/s1. The molecule has 2 fully saturated rings. The molecule has 2 aliphatic rings. The van der Waals surface area contributed by atoms with Crippen molar-refractivity contribution < 1.29 is 41.7 Å². The highest BCUT2D eigenvalue weighted by atomic mass is 19.3. The van der Waals surface area contributed by atoms with Crippen molar-refractivity contribution in [1.82, 2.24) is 26.0 Å². The molecular formula is C34H42F3N5O6. The van der Waals surface area contributed by atoms with Gasteiger partial charge in [-0.3, -0.25) is 24.0 Å². The van der Waals surface area contributed by atoms with Gasteiger partial charge in [-0.2, -0.15) is 0 Å². The van der Waals surface area contributed by atoms with E-state index in [1.807, 2.05) is 0 Å². The monoisotopic (exact) mass is 673 g/mol. The van der Waals surface area contributed by atoms with Gasteiger partial charge in [0.25, 0.3) is 11.8 Å².